The maximum atomic E-state index is 12.4. The first-order chi connectivity index (χ1) is 16.6. The van der Waals surface area contributed by atoms with E-state index in [-0.39, 0.29) is 5.78 Å². The second-order valence-electron chi connectivity index (χ2n) is 7.77. The van der Waals surface area contributed by atoms with Gasteiger partial charge in [-0.15, -0.1) is 0 Å². The molecule has 0 fully saturated rings. The number of Topliss-reactive ketones (excluding diaryl/α,β-unsaturated/α-hetero) is 1. The molecule has 0 radical (unpaired) electrons. The molecule has 0 saturated carbocycles. The van der Waals surface area contributed by atoms with E-state index in [1.807, 2.05) is 53.2 Å². The summed E-state index contributed by atoms with van der Waals surface area (Å²) in [6.45, 7) is 4.16. The van der Waals surface area contributed by atoms with Gasteiger partial charge in [0, 0.05) is 37.3 Å². The van der Waals surface area contributed by atoms with Gasteiger partial charge in [-0.05, 0) is 36.8 Å². The number of ether oxygens (including phenoxy) is 2. The molecule has 0 aliphatic heterocycles. The molecule has 4 aromatic heterocycles. The molecule has 0 aliphatic carbocycles. The van der Waals surface area contributed by atoms with Crippen molar-refractivity contribution in [1.82, 2.24) is 23.8 Å². The fraction of sp³-hybridized carbons (Fsp3) is 0.200. The van der Waals surface area contributed by atoms with Crippen LogP contribution >= 0.6 is 0 Å². The predicted molar refractivity (Wildman–Crippen MR) is 129 cm³/mol. The molecule has 9 heteroatoms. The first-order valence-electron chi connectivity index (χ1n) is 11.0. The smallest absolute Gasteiger partial charge is 0.195 e. The van der Waals surface area contributed by atoms with Crippen LogP contribution in [0.4, 0.5) is 11.5 Å². The molecule has 0 bridgehead atoms. The number of methoxy groups -OCH3 is 1. The van der Waals surface area contributed by atoms with Gasteiger partial charge < -0.3 is 14.8 Å². The number of aromatic nitrogens is 5. The summed E-state index contributed by atoms with van der Waals surface area (Å²) in [5.74, 6) is 2.37. The van der Waals surface area contributed by atoms with E-state index in [0.717, 1.165) is 23.4 Å². The monoisotopic (exact) mass is 456 g/mol. The molecule has 9 nitrogen and oxygen atoms in total. The Balaban J connectivity index is 1.71. The minimum absolute atomic E-state index is 0.140. The van der Waals surface area contributed by atoms with E-state index in [1.54, 1.807) is 23.9 Å². The number of hydrogen-bond acceptors (Lipinski definition) is 7. The van der Waals surface area contributed by atoms with Crippen LogP contribution in [0.25, 0.3) is 22.6 Å². The zero-order valence-electron chi connectivity index (χ0n) is 19.1. The standard InChI is InChI=1S/C25H24N6O3/c1-4-13-34-19-9-11-30-20(14-19)22(29-24(30)16(2)32)23-25(31-12-10-26-15-21(31)28-23)27-17-5-7-18(33-3)8-6-17/h5-12,14-15,27H,4,13H2,1-3H3. The Morgan fingerprint density at radius 1 is 1.03 bits per heavy atom. The summed E-state index contributed by atoms with van der Waals surface area (Å²) in [5, 5.41) is 3.45. The van der Waals surface area contributed by atoms with Crippen LogP contribution in [0.2, 0.25) is 0 Å². The molecule has 0 saturated heterocycles. The Bertz CT molecular complexity index is 1490. The SMILES string of the molecule is CCCOc1ccn2c(C(C)=O)nc(-c3nc4cnccn4c3Nc3ccc(OC)cc3)c2c1. The summed E-state index contributed by atoms with van der Waals surface area (Å²) in [6, 6.07) is 11.3. The van der Waals surface area contributed by atoms with Crippen LogP contribution in [0, 0.1) is 0 Å². The maximum Gasteiger partial charge on any atom is 0.195 e. The van der Waals surface area contributed by atoms with Gasteiger partial charge in [-0.25, -0.2) is 9.97 Å². The first-order valence-corrected chi connectivity index (χ1v) is 11.0. The van der Waals surface area contributed by atoms with Gasteiger partial charge in [-0.1, -0.05) is 6.92 Å². The van der Waals surface area contributed by atoms with E-state index in [4.69, 9.17) is 19.4 Å². The van der Waals surface area contributed by atoms with Crippen LogP contribution in [0.3, 0.4) is 0 Å². The van der Waals surface area contributed by atoms with Crippen LogP contribution < -0.4 is 14.8 Å². The maximum absolute atomic E-state index is 12.4. The van der Waals surface area contributed by atoms with Crippen LogP contribution in [-0.4, -0.2) is 43.3 Å². The van der Waals surface area contributed by atoms with Gasteiger partial charge in [0.15, 0.2) is 17.3 Å². The highest BCUT2D eigenvalue weighted by Gasteiger charge is 2.23. The van der Waals surface area contributed by atoms with Crippen LogP contribution in [0.5, 0.6) is 11.5 Å². The molecule has 4 heterocycles. The Morgan fingerprint density at radius 2 is 1.85 bits per heavy atom. The van der Waals surface area contributed by atoms with Crippen LogP contribution in [0.15, 0.2) is 61.2 Å². The highest BCUT2D eigenvalue weighted by molar-refractivity contribution is 5.95. The van der Waals surface area contributed by atoms with Crippen molar-refractivity contribution in [2.45, 2.75) is 20.3 Å². The lowest BCUT2D eigenvalue weighted by Gasteiger charge is -2.09. The number of nitrogens with zero attached hydrogens (tertiary/aromatic N) is 5. The van der Waals surface area contributed by atoms with Crippen LogP contribution in [-0.2, 0) is 0 Å². The van der Waals surface area contributed by atoms with Crippen LogP contribution in [0.1, 0.15) is 30.9 Å². The first kappa shape index (κ1) is 21.4. The normalized spacial score (nSPS) is 11.1. The van der Waals surface area contributed by atoms with Gasteiger partial charge in [0.05, 0.1) is 25.4 Å². The molecule has 1 aromatic carbocycles. The minimum atomic E-state index is -0.140. The molecule has 0 spiro atoms. The second kappa shape index (κ2) is 8.86. The van der Waals surface area contributed by atoms with Gasteiger partial charge in [0.25, 0.3) is 0 Å². The number of benzene rings is 1. The lowest BCUT2D eigenvalue weighted by Crippen LogP contribution is -2.01. The number of carbonyl (C=O) groups excluding carboxylic acids is 1. The zero-order chi connectivity index (χ0) is 23.7. The van der Waals surface area contributed by atoms with Gasteiger partial charge in [-0.3, -0.25) is 18.6 Å². The van der Waals surface area contributed by atoms with E-state index in [0.29, 0.717) is 41.0 Å². The molecule has 0 amide bonds. The van der Waals surface area contributed by atoms with Gasteiger partial charge in [-0.2, -0.15) is 0 Å². The molecule has 5 rings (SSSR count). The quantitative estimate of drug-likeness (QED) is 0.336. The molecule has 34 heavy (non-hydrogen) atoms. The van der Waals surface area contributed by atoms with Gasteiger partial charge in [0.2, 0.25) is 0 Å². The number of ketones is 1. The number of imidazole rings is 2. The number of fused-ring (bicyclic) bond motifs is 2. The fourth-order valence-corrected chi connectivity index (χ4v) is 3.80. The highest BCUT2D eigenvalue weighted by Crippen LogP contribution is 2.35. The van der Waals surface area contributed by atoms with E-state index >= 15 is 0 Å². The number of anilines is 2. The fourth-order valence-electron chi connectivity index (χ4n) is 3.80. The highest BCUT2D eigenvalue weighted by atomic mass is 16.5. The lowest BCUT2D eigenvalue weighted by molar-refractivity contribution is 0.100. The van der Waals surface area contributed by atoms with E-state index < -0.39 is 0 Å². The van der Waals surface area contributed by atoms with Crippen molar-refractivity contribution in [3.8, 4) is 22.9 Å². The van der Waals surface area contributed by atoms with Crippen molar-refractivity contribution < 1.29 is 14.3 Å². The molecule has 0 unspecified atom stereocenters. The third-order valence-electron chi connectivity index (χ3n) is 5.41. The van der Waals surface area contributed by atoms with E-state index in [1.165, 1.54) is 6.92 Å². The summed E-state index contributed by atoms with van der Waals surface area (Å²) in [7, 11) is 1.63. The third-order valence-corrected chi connectivity index (χ3v) is 5.41. The number of carbonyl (C=O) groups is 1. The average Bonchev–Trinajstić information content (AvgIpc) is 3.41. The topological polar surface area (TPSA) is 95.0 Å². The second-order valence-corrected chi connectivity index (χ2v) is 7.77. The van der Waals surface area contributed by atoms with Crippen molar-refractivity contribution in [3.05, 3.63) is 67.0 Å². The van der Waals surface area contributed by atoms with Gasteiger partial charge in [0.1, 0.15) is 28.7 Å². The van der Waals surface area contributed by atoms with Crippen molar-refractivity contribution in [2.75, 3.05) is 19.0 Å². The number of pyridine rings is 1. The number of rotatable bonds is 8. The third kappa shape index (κ3) is 3.81. The van der Waals surface area contributed by atoms with Crippen molar-refractivity contribution >= 4 is 28.5 Å². The Labute approximate surface area is 196 Å². The Morgan fingerprint density at radius 3 is 2.59 bits per heavy atom. The Kier molecular flexibility index (Phi) is 5.59. The van der Waals surface area contributed by atoms with E-state index in [2.05, 4.69) is 17.2 Å². The molecular weight excluding hydrogens is 432 g/mol. The van der Waals surface area contributed by atoms with E-state index in [9.17, 15) is 4.79 Å². The summed E-state index contributed by atoms with van der Waals surface area (Å²) in [5.41, 5.74) is 3.40. The number of hydrogen-bond donors (Lipinski definition) is 1. The molecular formula is C25H24N6O3. The number of nitrogens with one attached hydrogen (secondary N) is 1. The van der Waals surface area contributed by atoms with Gasteiger partial charge >= 0.3 is 0 Å². The lowest BCUT2D eigenvalue weighted by atomic mass is 10.2. The summed E-state index contributed by atoms with van der Waals surface area (Å²) < 4.78 is 14.8. The molecule has 0 atom stereocenters. The van der Waals surface area contributed by atoms with Crippen molar-refractivity contribution in [2.24, 2.45) is 0 Å². The average molecular weight is 457 g/mol. The molecule has 0 aliphatic rings. The summed E-state index contributed by atoms with van der Waals surface area (Å²) in [4.78, 5) is 26.1. The molecule has 1 N–H and O–H groups in total. The molecule has 172 valence electrons. The zero-order valence-corrected chi connectivity index (χ0v) is 19.1. The van der Waals surface area contributed by atoms with Crippen molar-refractivity contribution in [3.63, 3.8) is 0 Å². The van der Waals surface area contributed by atoms with Crippen molar-refractivity contribution in [1.29, 1.82) is 0 Å². The summed E-state index contributed by atoms with van der Waals surface area (Å²) >= 11 is 0. The molecule has 5 aromatic rings. The summed E-state index contributed by atoms with van der Waals surface area (Å²) in [6.07, 6.45) is 7.91. The predicted octanol–water partition coefficient (Wildman–Crippen LogP) is 4.79. The largest absolute Gasteiger partial charge is 0.497 e. The minimum Gasteiger partial charge on any atom is -0.497 e. The Hall–Kier alpha value is -4.40.